The first kappa shape index (κ1) is 17.6. The van der Waals surface area contributed by atoms with Gasteiger partial charge in [-0.3, -0.25) is 9.48 Å². The van der Waals surface area contributed by atoms with Crippen LogP contribution in [0.3, 0.4) is 0 Å². The van der Waals surface area contributed by atoms with E-state index < -0.39 is 0 Å². The fraction of sp³-hybridized carbons (Fsp3) is 0.625. The summed E-state index contributed by atoms with van der Waals surface area (Å²) in [5, 5.41) is 8.02. The molecule has 0 N–H and O–H groups in total. The summed E-state index contributed by atoms with van der Waals surface area (Å²) in [6, 6.07) is 1.76. The van der Waals surface area contributed by atoms with Gasteiger partial charge in [0, 0.05) is 32.9 Å². The molecule has 1 aliphatic rings. The van der Waals surface area contributed by atoms with Crippen molar-refractivity contribution in [1.82, 2.24) is 24.8 Å². The van der Waals surface area contributed by atoms with Crippen molar-refractivity contribution in [1.29, 1.82) is 0 Å². The van der Waals surface area contributed by atoms with Gasteiger partial charge in [0.15, 0.2) is 5.82 Å². The minimum Gasteiger partial charge on any atom is -0.375 e. The molecule has 2 aromatic rings. The fourth-order valence-electron chi connectivity index (χ4n) is 2.91. The number of carbonyl (C=O) groups excluding carboxylic acids is 1. The summed E-state index contributed by atoms with van der Waals surface area (Å²) in [6.45, 7) is 4.46. The number of amides is 1. The predicted molar refractivity (Wildman–Crippen MR) is 86.6 cm³/mol. The Morgan fingerprint density at radius 2 is 2.32 bits per heavy atom. The lowest BCUT2D eigenvalue weighted by Crippen LogP contribution is -2.43. The van der Waals surface area contributed by atoms with E-state index in [0.717, 1.165) is 19.4 Å². The molecule has 1 fully saturated rings. The van der Waals surface area contributed by atoms with Crippen LogP contribution in [0, 0.1) is 0 Å². The average Bonchev–Trinajstić information content (AvgIpc) is 3.29. The highest BCUT2D eigenvalue weighted by molar-refractivity contribution is 5.92. The third-order valence-corrected chi connectivity index (χ3v) is 4.13. The molecule has 3 heterocycles. The lowest BCUT2D eigenvalue weighted by atomic mass is 10.1. The quantitative estimate of drug-likeness (QED) is 0.742. The molecule has 25 heavy (non-hydrogen) atoms. The number of rotatable bonds is 7. The number of nitrogens with zero attached hydrogens (tertiary/aromatic N) is 5. The van der Waals surface area contributed by atoms with Gasteiger partial charge in [0.05, 0.1) is 6.10 Å². The van der Waals surface area contributed by atoms with Crippen LogP contribution in [-0.2, 0) is 29.2 Å². The number of hydrogen-bond acceptors (Lipinski definition) is 7. The van der Waals surface area contributed by atoms with Crippen molar-refractivity contribution in [2.24, 2.45) is 0 Å². The summed E-state index contributed by atoms with van der Waals surface area (Å²) in [6.07, 6.45) is 3.42. The number of carbonyl (C=O) groups is 1. The zero-order valence-electron chi connectivity index (χ0n) is 14.6. The molecular formula is C16H23N5O4. The Bertz CT molecular complexity index is 698. The Hall–Kier alpha value is -2.26. The summed E-state index contributed by atoms with van der Waals surface area (Å²) in [7, 11) is 1.57. The van der Waals surface area contributed by atoms with Crippen LogP contribution in [0.2, 0.25) is 0 Å². The Morgan fingerprint density at radius 1 is 1.44 bits per heavy atom. The van der Waals surface area contributed by atoms with Crippen molar-refractivity contribution < 1.29 is 18.8 Å². The molecular weight excluding hydrogens is 326 g/mol. The van der Waals surface area contributed by atoms with Gasteiger partial charge in [-0.05, 0) is 25.8 Å². The second-order valence-corrected chi connectivity index (χ2v) is 5.90. The number of likely N-dealkylation sites (tertiary alicyclic amines) is 1. The number of aromatic nitrogens is 4. The maximum Gasteiger partial charge on any atom is 0.272 e. The van der Waals surface area contributed by atoms with Gasteiger partial charge < -0.3 is 18.9 Å². The van der Waals surface area contributed by atoms with Gasteiger partial charge in [-0.2, -0.15) is 10.1 Å². The zero-order valence-corrected chi connectivity index (χ0v) is 14.6. The first-order chi connectivity index (χ1) is 12.2. The first-order valence-electron chi connectivity index (χ1n) is 8.44. The fourth-order valence-corrected chi connectivity index (χ4v) is 2.91. The molecule has 0 spiro atoms. The minimum atomic E-state index is -0.0416. The minimum absolute atomic E-state index is 0.00501. The van der Waals surface area contributed by atoms with Crippen molar-refractivity contribution in [3.63, 3.8) is 0 Å². The molecule has 0 aliphatic carbocycles. The Labute approximate surface area is 145 Å². The third kappa shape index (κ3) is 4.23. The molecule has 1 unspecified atom stereocenters. The van der Waals surface area contributed by atoms with E-state index >= 15 is 0 Å². The average molecular weight is 349 g/mol. The number of aryl methyl sites for hydroxylation is 1. The van der Waals surface area contributed by atoms with Gasteiger partial charge >= 0.3 is 0 Å². The van der Waals surface area contributed by atoms with E-state index in [1.807, 2.05) is 11.8 Å². The van der Waals surface area contributed by atoms with Gasteiger partial charge in [0.2, 0.25) is 0 Å². The van der Waals surface area contributed by atoms with Crippen molar-refractivity contribution in [3.8, 4) is 0 Å². The van der Waals surface area contributed by atoms with Gasteiger partial charge in [0.1, 0.15) is 18.9 Å². The van der Waals surface area contributed by atoms with Gasteiger partial charge in [-0.1, -0.05) is 5.16 Å². The van der Waals surface area contributed by atoms with Crippen molar-refractivity contribution in [2.75, 3.05) is 20.2 Å². The third-order valence-electron chi connectivity index (χ3n) is 4.13. The van der Waals surface area contributed by atoms with Crippen LogP contribution in [0.5, 0.6) is 0 Å². The van der Waals surface area contributed by atoms with Crippen LogP contribution < -0.4 is 0 Å². The van der Waals surface area contributed by atoms with Gasteiger partial charge in [-0.15, -0.1) is 0 Å². The molecule has 1 atom stereocenters. The van der Waals surface area contributed by atoms with Crippen LogP contribution in [0.15, 0.2) is 16.8 Å². The Kier molecular flexibility index (Phi) is 5.77. The smallest absolute Gasteiger partial charge is 0.272 e. The van der Waals surface area contributed by atoms with E-state index in [2.05, 4.69) is 15.2 Å². The van der Waals surface area contributed by atoms with E-state index in [0.29, 0.717) is 30.5 Å². The molecule has 1 amide bonds. The summed E-state index contributed by atoms with van der Waals surface area (Å²) >= 11 is 0. The number of ether oxygens (including phenoxy) is 2. The standard InChI is InChI=1S/C16H23N5O4/c1-3-21-13(6-7-17-21)16(22)20-8-4-5-12(9-20)24-10-14-18-15(11-23-2)25-19-14/h6-7,12H,3-5,8-11H2,1-2H3. The molecule has 0 aromatic carbocycles. The predicted octanol–water partition coefficient (Wildman–Crippen LogP) is 1.25. The molecule has 9 nitrogen and oxygen atoms in total. The lowest BCUT2D eigenvalue weighted by molar-refractivity contribution is -0.00991. The summed E-state index contributed by atoms with van der Waals surface area (Å²) in [5.74, 6) is 0.906. The second kappa shape index (κ2) is 8.21. The van der Waals surface area contributed by atoms with Crippen LogP contribution >= 0.6 is 0 Å². The Morgan fingerprint density at radius 3 is 3.12 bits per heavy atom. The molecule has 1 saturated heterocycles. The van der Waals surface area contributed by atoms with E-state index in [1.165, 1.54) is 0 Å². The zero-order chi connectivity index (χ0) is 17.6. The molecule has 9 heteroatoms. The van der Waals surface area contributed by atoms with Crippen LogP contribution in [-0.4, -0.2) is 57.0 Å². The van der Waals surface area contributed by atoms with Gasteiger partial charge in [-0.25, -0.2) is 0 Å². The maximum absolute atomic E-state index is 12.7. The largest absolute Gasteiger partial charge is 0.375 e. The summed E-state index contributed by atoms with van der Waals surface area (Å²) in [5.41, 5.74) is 0.616. The molecule has 136 valence electrons. The van der Waals surface area contributed by atoms with Crippen molar-refractivity contribution in [3.05, 3.63) is 29.7 Å². The van der Waals surface area contributed by atoms with E-state index in [9.17, 15) is 4.79 Å². The summed E-state index contributed by atoms with van der Waals surface area (Å²) in [4.78, 5) is 18.7. The second-order valence-electron chi connectivity index (χ2n) is 5.90. The maximum atomic E-state index is 12.7. The van der Waals surface area contributed by atoms with Crippen molar-refractivity contribution >= 4 is 5.91 Å². The normalized spacial score (nSPS) is 17.8. The highest BCUT2D eigenvalue weighted by atomic mass is 16.5. The molecule has 0 saturated carbocycles. The topological polar surface area (TPSA) is 95.5 Å². The van der Waals surface area contributed by atoms with Crippen molar-refractivity contribution in [2.45, 2.75) is 45.6 Å². The van der Waals surface area contributed by atoms with Crippen LogP contribution in [0.4, 0.5) is 0 Å². The van der Waals surface area contributed by atoms with E-state index in [-0.39, 0.29) is 25.2 Å². The number of hydrogen-bond donors (Lipinski definition) is 0. The molecule has 2 aromatic heterocycles. The van der Waals surface area contributed by atoms with E-state index in [4.69, 9.17) is 14.0 Å². The monoisotopic (exact) mass is 349 g/mol. The molecule has 0 bridgehead atoms. The van der Waals surface area contributed by atoms with Crippen LogP contribution in [0.1, 0.15) is 42.0 Å². The molecule has 1 aliphatic heterocycles. The SMILES string of the molecule is CCn1nccc1C(=O)N1CCCC(OCc2noc(COC)n2)C1. The lowest BCUT2D eigenvalue weighted by Gasteiger charge is -2.32. The highest BCUT2D eigenvalue weighted by Gasteiger charge is 2.27. The van der Waals surface area contributed by atoms with E-state index in [1.54, 1.807) is 24.1 Å². The molecule has 0 radical (unpaired) electrons. The number of piperidine rings is 1. The highest BCUT2D eigenvalue weighted by Crippen LogP contribution is 2.17. The summed E-state index contributed by atoms with van der Waals surface area (Å²) < 4.78 is 17.6. The van der Waals surface area contributed by atoms with Gasteiger partial charge in [0.25, 0.3) is 11.8 Å². The van der Waals surface area contributed by atoms with Crippen LogP contribution in [0.25, 0.3) is 0 Å². The number of methoxy groups -OCH3 is 1. The Balaban J connectivity index is 1.54. The molecule has 3 rings (SSSR count). The first-order valence-corrected chi connectivity index (χ1v) is 8.44.